The highest BCUT2D eigenvalue weighted by Gasteiger charge is 2.34. The second-order valence-corrected chi connectivity index (χ2v) is 7.66. The zero-order valence-corrected chi connectivity index (χ0v) is 16.1. The highest BCUT2D eigenvalue weighted by molar-refractivity contribution is 6.12. The molecule has 1 unspecified atom stereocenters. The van der Waals surface area contributed by atoms with Crippen LogP contribution in [0.3, 0.4) is 0 Å². The van der Waals surface area contributed by atoms with Crippen LogP contribution in [0.25, 0.3) is 0 Å². The molecule has 0 amide bonds. The fraction of sp³-hybridized carbons (Fsp3) is 0.348. The van der Waals surface area contributed by atoms with E-state index in [0.29, 0.717) is 23.3 Å². The van der Waals surface area contributed by atoms with Gasteiger partial charge in [-0.25, -0.2) is 0 Å². The van der Waals surface area contributed by atoms with Crippen LogP contribution < -0.4 is 4.74 Å². The molecule has 0 aromatic heterocycles. The Bertz CT molecular complexity index is 879. The van der Waals surface area contributed by atoms with Gasteiger partial charge in [0.05, 0.1) is 0 Å². The first-order valence-electron chi connectivity index (χ1n) is 9.31. The number of allylic oxidation sites excluding steroid dienone is 2. The van der Waals surface area contributed by atoms with Gasteiger partial charge in [0.2, 0.25) is 5.78 Å². The Hall–Kier alpha value is -2.75. The Morgan fingerprint density at radius 3 is 2.59 bits per heavy atom. The van der Waals surface area contributed by atoms with E-state index in [1.807, 2.05) is 13.0 Å². The van der Waals surface area contributed by atoms with Crippen molar-refractivity contribution in [3.63, 3.8) is 0 Å². The maximum atomic E-state index is 12.7. The van der Waals surface area contributed by atoms with Gasteiger partial charge in [-0.15, -0.1) is 0 Å². The zero-order chi connectivity index (χ0) is 19.6. The van der Waals surface area contributed by atoms with Gasteiger partial charge in [-0.3, -0.25) is 4.79 Å². The van der Waals surface area contributed by atoms with Crippen LogP contribution in [-0.4, -0.2) is 21.6 Å². The van der Waals surface area contributed by atoms with Gasteiger partial charge in [-0.1, -0.05) is 42.0 Å². The lowest BCUT2D eigenvalue weighted by atomic mass is 9.86. The molecular weight excluding hydrogens is 340 g/mol. The third-order valence-electron chi connectivity index (χ3n) is 5.09. The third kappa shape index (κ3) is 4.00. The Labute approximate surface area is 160 Å². The van der Waals surface area contributed by atoms with Gasteiger partial charge >= 0.3 is 0 Å². The largest absolute Gasteiger partial charge is 0.507 e. The van der Waals surface area contributed by atoms with Crippen molar-refractivity contribution in [2.45, 2.75) is 52.1 Å². The first-order chi connectivity index (χ1) is 12.8. The second kappa shape index (κ2) is 7.47. The van der Waals surface area contributed by atoms with Gasteiger partial charge in [-0.2, -0.15) is 0 Å². The molecule has 1 atom stereocenters. The van der Waals surface area contributed by atoms with Crippen molar-refractivity contribution in [2.75, 3.05) is 0 Å². The number of hydrogen-bond donors (Lipinski definition) is 2. The first-order valence-corrected chi connectivity index (χ1v) is 9.31. The summed E-state index contributed by atoms with van der Waals surface area (Å²) in [7, 11) is 0. The number of carbonyl (C=O) groups excluding carboxylic acids is 1. The molecule has 0 fully saturated rings. The van der Waals surface area contributed by atoms with Crippen LogP contribution >= 0.6 is 0 Å². The number of phenolic OH excluding ortho intramolecular Hbond substituents is 2. The molecule has 0 spiro atoms. The van der Waals surface area contributed by atoms with Crippen LogP contribution in [0.2, 0.25) is 0 Å². The first kappa shape index (κ1) is 19.0. The number of rotatable bonds is 5. The van der Waals surface area contributed by atoms with Crippen molar-refractivity contribution in [3.8, 4) is 17.2 Å². The van der Waals surface area contributed by atoms with Gasteiger partial charge < -0.3 is 14.9 Å². The summed E-state index contributed by atoms with van der Waals surface area (Å²) in [6, 6.07) is 10.1. The standard InChI is InChI=1S/C23H26O4/c1-15(2)8-7-12-23(3)13-11-17-19(27-23)14-18(24)20(22(17)26)21(25)16-9-5-4-6-10-16/h4-6,8-10,14,24,26H,7,11-13H2,1-3H3. The van der Waals surface area contributed by atoms with E-state index >= 15 is 0 Å². The number of carbonyl (C=O) groups is 1. The number of aromatic hydroxyl groups is 2. The molecule has 1 heterocycles. The zero-order valence-electron chi connectivity index (χ0n) is 16.1. The summed E-state index contributed by atoms with van der Waals surface area (Å²) >= 11 is 0. The lowest BCUT2D eigenvalue weighted by Gasteiger charge is -2.36. The maximum Gasteiger partial charge on any atom is 0.200 e. The highest BCUT2D eigenvalue weighted by Crippen LogP contribution is 2.45. The van der Waals surface area contributed by atoms with Crippen LogP contribution in [0.15, 0.2) is 48.0 Å². The maximum absolute atomic E-state index is 12.7. The SMILES string of the molecule is CC(C)=CCCC1(C)CCc2c(cc(O)c(C(=O)c3ccccc3)c2O)O1. The van der Waals surface area contributed by atoms with Crippen LogP contribution in [0.4, 0.5) is 0 Å². The minimum absolute atomic E-state index is 0.0586. The monoisotopic (exact) mass is 366 g/mol. The molecular formula is C23H26O4. The molecule has 0 saturated carbocycles. The summed E-state index contributed by atoms with van der Waals surface area (Å²) in [6.07, 6.45) is 5.29. The molecule has 1 aliphatic rings. The molecule has 2 aromatic rings. The lowest BCUT2D eigenvalue weighted by Crippen LogP contribution is -2.36. The summed E-state index contributed by atoms with van der Waals surface area (Å²) in [6.45, 7) is 6.19. The number of hydrogen-bond acceptors (Lipinski definition) is 4. The van der Waals surface area contributed by atoms with E-state index in [9.17, 15) is 15.0 Å². The van der Waals surface area contributed by atoms with Crippen molar-refractivity contribution in [2.24, 2.45) is 0 Å². The number of fused-ring (bicyclic) bond motifs is 1. The third-order valence-corrected chi connectivity index (χ3v) is 5.09. The lowest BCUT2D eigenvalue weighted by molar-refractivity contribution is 0.0560. The minimum atomic E-state index is -0.398. The predicted octanol–water partition coefficient (Wildman–Crippen LogP) is 5.16. The van der Waals surface area contributed by atoms with Crippen molar-refractivity contribution in [1.82, 2.24) is 0 Å². The normalized spacial score (nSPS) is 18.3. The molecule has 0 saturated heterocycles. The molecule has 1 aliphatic heterocycles. The van der Waals surface area contributed by atoms with E-state index in [2.05, 4.69) is 19.9 Å². The Morgan fingerprint density at radius 1 is 1.22 bits per heavy atom. The molecule has 2 N–H and O–H groups in total. The molecule has 27 heavy (non-hydrogen) atoms. The fourth-order valence-electron chi connectivity index (χ4n) is 3.51. The van der Waals surface area contributed by atoms with Crippen LogP contribution in [0.5, 0.6) is 17.2 Å². The summed E-state index contributed by atoms with van der Waals surface area (Å²) in [5.41, 5.74) is 1.87. The molecule has 2 aromatic carbocycles. The number of phenols is 2. The topological polar surface area (TPSA) is 66.8 Å². The van der Waals surface area contributed by atoms with Crippen molar-refractivity contribution >= 4 is 5.78 Å². The average Bonchev–Trinajstić information content (AvgIpc) is 2.61. The quantitative estimate of drug-likeness (QED) is 0.567. The van der Waals surface area contributed by atoms with Crippen LogP contribution in [0.1, 0.15) is 61.5 Å². The highest BCUT2D eigenvalue weighted by atomic mass is 16.5. The van der Waals surface area contributed by atoms with E-state index in [1.54, 1.807) is 24.3 Å². The van der Waals surface area contributed by atoms with E-state index in [0.717, 1.165) is 19.3 Å². The smallest absolute Gasteiger partial charge is 0.200 e. The molecule has 3 rings (SSSR count). The van der Waals surface area contributed by atoms with Crippen molar-refractivity contribution < 1.29 is 19.7 Å². The number of benzene rings is 2. The Balaban J connectivity index is 1.90. The predicted molar refractivity (Wildman–Crippen MR) is 106 cm³/mol. The van der Waals surface area contributed by atoms with E-state index in [1.165, 1.54) is 11.6 Å². The van der Waals surface area contributed by atoms with Gasteiger partial charge in [-0.05, 0) is 46.5 Å². The molecule has 0 bridgehead atoms. The van der Waals surface area contributed by atoms with Crippen LogP contribution in [0, 0.1) is 0 Å². The number of ether oxygens (including phenoxy) is 1. The van der Waals surface area contributed by atoms with E-state index in [-0.39, 0.29) is 22.7 Å². The average molecular weight is 366 g/mol. The van der Waals surface area contributed by atoms with Crippen molar-refractivity contribution in [3.05, 3.63) is 64.7 Å². The van der Waals surface area contributed by atoms with Gasteiger partial charge in [0, 0.05) is 17.2 Å². The van der Waals surface area contributed by atoms with Crippen molar-refractivity contribution in [1.29, 1.82) is 0 Å². The molecule has 0 aliphatic carbocycles. The fourth-order valence-corrected chi connectivity index (χ4v) is 3.51. The van der Waals surface area contributed by atoms with E-state index in [4.69, 9.17) is 4.74 Å². The van der Waals surface area contributed by atoms with Gasteiger partial charge in [0.15, 0.2) is 0 Å². The summed E-state index contributed by atoms with van der Waals surface area (Å²) in [5.74, 6) is -0.371. The van der Waals surface area contributed by atoms with Crippen LogP contribution in [-0.2, 0) is 6.42 Å². The molecule has 0 radical (unpaired) electrons. The van der Waals surface area contributed by atoms with Gasteiger partial charge in [0.1, 0.15) is 28.4 Å². The van der Waals surface area contributed by atoms with E-state index < -0.39 is 5.78 Å². The Kier molecular flexibility index (Phi) is 5.26. The summed E-state index contributed by atoms with van der Waals surface area (Å²) in [4.78, 5) is 12.7. The van der Waals surface area contributed by atoms with Gasteiger partial charge in [0.25, 0.3) is 0 Å². The summed E-state index contributed by atoms with van der Waals surface area (Å²) in [5, 5.41) is 21.1. The number of ketones is 1. The summed E-state index contributed by atoms with van der Waals surface area (Å²) < 4.78 is 6.14. The molecule has 142 valence electrons. The second-order valence-electron chi connectivity index (χ2n) is 7.66. The molecule has 4 nitrogen and oxygen atoms in total. The Morgan fingerprint density at radius 2 is 1.93 bits per heavy atom. The minimum Gasteiger partial charge on any atom is -0.507 e. The molecule has 4 heteroatoms.